The van der Waals surface area contributed by atoms with Gasteiger partial charge in [0.2, 0.25) is 0 Å². The van der Waals surface area contributed by atoms with Crippen LogP contribution < -0.4 is 4.90 Å². The Morgan fingerprint density at radius 2 is 0.969 bits per heavy atom. The zero-order valence-corrected chi connectivity index (χ0v) is 36.9. The lowest BCUT2D eigenvalue weighted by atomic mass is 9.11. The molecule has 6 aliphatic rings. The normalized spacial score (nSPS) is 24.8. The van der Waals surface area contributed by atoms with Crippen LogP contribution in [0.3, 0.4) is 0 Å². The Morgan fingerprint density at radius 1 is 0.400 bits per heavy atom. The van der Waals surface area contributed by atoms with Gasteiger partial charge < -0.3 is 4.90 Å². The van der Waals surface area contributed by atoms with E-state index in [1.807, 2.05) is 0 Å². The van der Waals surface area contributed by atoms with Crippen LogP contribution in [0.15, 0.2) is 200 Å². The molecule has 1 heteroatoms. The van der Waals surface area contributed by atoms with E-state index in [0.717, 1.165) is 23.7 Å². The first-order chi connectivity index (χ1) is 32.0. The van der Waals surface area contributed by atoms with Crippen molar-refractivity contribution in [2.45, 2.75) is 43.9 Å². The molecule has 6 aliphatic carbocycles. The summed E-state index contributed by atoms with van der Waals surface area (Å²) in [7, 11) is 0. The van der Waals surface area contributed by atoms with E-state index in [1.165, 1.54) is 114 Å². The molecule has 1 nitrogen and oxygen atoms in total. The number of nitrogens with zero attached hydrogens (tertiary/aromatic N) is 1. The molecule has 15 rings (SSSR count). The van der Waals surface area contributed by atoms with Crippen molar-refractivity contribution in [3.63, 3.8) is 0 Å². The molecule has 2 spiro atoms. The third kappa shape index (κ3) is 4.36. The molecule has 65 heavy (non-hydrogen) atoms. The van der Waals surface area contributed by atoms with Gasteiger partial charge in [-0.1, -0.05) is 184 Å². The lowest BCUT2D eigenvalue weighted by Crippen LogP contribution is -2.88. The molecule has 9 aromatic rings. The quantitative estimate of drug-likeness (QED) is 0.161. The van der Waals surface area contributed by atoms with E-state index in [-0.39, 0.29) is 10.8 Å². The average Bonchev–Trinajstić information content (AvgIpc) is 3.76. The number of para-hydroxylation sites is 1. The maximum Gasteiger partial charge on any atom is 0.0540 e. The van der Waals surface area contributed by atoms with Crippen LogP contribution in [-0.4, -0.2) is 0 Å². The third-order valence-electron chi connectivity index (χ3n) is 18.2. The smallest absolute Gasteiger partial charge is 0.0540 e. The van der Waals surface area contributed by atoms with E-state index < -0.39 is 0 Å². The molecule has 0 heterocycles. The van der Waals surface area contributed by atoms with E-state index in [9.17, 15) is 0 Å². The lowest BCUT2D eigenvalue weighted by molar-refractivity contribution is -0.412. The van der Waals surface area contributed by atoms with Gasteiger partial charge in [-0.3, -0.25) is 0 Å². The standard InChI is InChI=1S/C64H49N/c1-62(2)53-25-9-7-21-52(53)61-47(23-14-27-55(61)62)40-29-31-44(32-30-40)65(57-28-11-8-20-50(57)51-24-13-18-41-17-12-22-46(60(41)51)39-15-4-3-5-16-39)45-33-34-49-48-19-6-10-26-54(48)64(56(49)38-45)58-36-42-35-43-37-59(64)63(42,43)58/h3-34,38,42-43,58-59H,35-37H2,1-2H3. The largest absolute Gasteiger partial charge is 0.310 e. The molecular weight excluding hydrogens is 783 g/mol. The fourth-order valence-electron chi connectivity index (χ4n) is 15.6. The molecule has 0 amide bonds. The first kappa shape index (κ1) is 36.4. The summed E-state index contributed by atoms with van der Waals surface area (Å²) in [6.45, 7) is 4.75. The Kier molecular flexibility index (Phi) is 7.08. The Labute approximate surface area is 382 Å². The second kappa shape index (κ2) is 12.6. The van der Waals surface area contributed by atoms with Crippen molar-refractivity contribution in [1.82, 2.24) is 0 Å². The van der Waals surface area contributed by atoms with Gasteiger partial charge in [-0.2, -0.15) is 0 Å². The predicted octanol–water partition coefficient (Wildman–Crippen LogP) is 16.6. The second-order valence-corrected chi connectivity index (χ2v) is 20.7. The zero-order chi connectivity index (χ0) is 42.8. The SMILES string of the molecule is CC1(C)c2ccccc2-c2c(-c3ccc(N(c4ccc5c(c4)C4(c6ccccc6-5)C5CC6CC7CC4C675)c4ccccc4-c4cccc5cccc(-c6ccccc6)c45)cc3)cccc21. The highest BCUT2D eigenvalue weighted by Gasteiger charge is 2.90. The van der Waals surface area contributed by atoms with Gasteiger partial charge in [0.25, 0.3) is 0 Å². The highest BCUT2D eigenvalue weighted by molar-refractivity contribution is 6.09. The van der Waals surface area contributed by atoms with Gasteiger partial charge in [0, 0.05) is 27.8 Å². The number of benzene rings is 9. The van der Waals surface area contributed by atoms with Crippen LogP contribution in [0.5, 0.6) is 0 Å². The second-order valence-electron chi connectivity index (χ2n) is 20.7. The molecule has 0 saturated heterocycles. The van der Waals surface area contributed by atoms with Crippen molar-refractivity contribution in [2.75, 3.05) is 4.90 Å². The van der Waals surface area contributed by atoms with E-state index >= 15 is 0 Å². The Hall–Kier alpha value is -6.96. The average molecular weight is 832 g/mol. The van der Waals surface area contributed by atoms with Gasteiger partial charge in [0.15, 0.2) is 0 Å². The van der Waals surface area contributed by atoms with Crippen molar-refractivity contribution < 1.29 is 0 Å². The predicted molar refractivity (Wildman–Crippen MR) is 269 cm³/mol. The molecule has 9 aromatic carbocycles. The van der Waals surface area contributed by atoms with Crippen molar-refractivity contribution in [3.8, 4) is 55.6 Å². The van der Waals surface area contributed by atoms with E-state index in [1.54, 1.807) is 11.1 Å². The van der Waals surface area contributed by atoms with Gasteiger partial charge >= 0.3 is 0 Å². The van der Waals surface area contributed by atoms with Gasteiger partial charge in [0.05, 0.1) is 5.69 Å². The minimum atomic E-state index is -0.0472. The van der Waals surface area contributed by atoms with Crippen LogP contribution in [0.25, 0.3) is 66.4 Å². The molecule has 4 unspecified atom stereocenters. The zero-order valence-electron chi connectivity index (χ0n) is 36.9. The first-order valence-corrected chi connectivity index (χ1v) is 24.0. The summed E-state index contributed by atoms with van der Waals surface area (Å²) in [5.41, 5.74) is 23.5. The number of fused-ring (bicyclic) bond motifs is 11. The topological polar surface area (TPSA) is 3.24 Å². The molecule has 0 bridgehead atoms. The van der Waals surface area contributed by atoms with Crippen LogP contribution in [0.2, 0.25) is 0 Å². The van der Waals surface area contributed by atoms with Crippen LogP contribution in [0, 0.1) is 29.1 Å². The first-order valence-electron chi connectivity index (χ1n) is 24.0. The van der Waals surface area contributed by atoms with Crippen LogP contribution in [-0.2, 0) is 10.8 Å². The highest BCUT2D eigenvalue weighted by atomic mass is 15.1. The van der Waals surface area contributed by atoms with Gasteiger partial charge in [-0.25, -0.2) is 0 Å². The van der Waals surface area contributed by atoms with E-state index in [0.29, 0.717) is 5.41 Å². The fraction of sp³-hybridized carbons (Fsp3) is 0.188. The van der Waals surface area contributed by atoms with Crippen molar-refractivity contribution in [2.24, 2.45) is 29.1 Å². The molecule has 0 N–H and O–H groups in total. The Balaban J connectivity index is 0.937. The van der Waals surface area contributed by atoms with Crippen LogP contribution in [0.4, 0.5) is 17.1 Å². The summed E-state index contributed by atoms with van der Waals surface area (Å²) in [4.78, 5) is 2.58. The summed E-state index contributed by atoms with van der Waals surface area (Å²) in [5.74, 6) is 3.47. The van der Waals surface area contributed by atoms with Gasteiger partial charge in [-0.15, -0.1) is 0 Å². The summed E-state index contributed by atoms with van der Waals surface area (Å²) >= 11 is 0. The summed E-state index contributed by atoms with van der Waals surface area (Å²) in [6.07, 6.45) is 4.28. The Bertz CT molecular complexity index is 3450. The summed E-state index contributed by atoms with van der Waals surface area (Å²) in [5, 5.41) is 2.53. The maximum atomic E-state index is 2.65. The molecule has 4 atom stereocenters. The van der Waals surface area contributed by atoms with Crippen molar-refractivity contribution >= 4 is 27.8 Å². The number of rotatable bonds is 6. The molecule has 4 fully saturated rings. The Morgan fingerprint density at radius 3 is 1.74 bits per heavy atom. The number of anilines is 3. The number of hydrogen-bond acceptors (Lipinski definition) is 1. The molecule has 4 saturated carbocycles. The lowest BCUT2D eigenvalue weighted by Gasteiger charge is -2.92. The van der Waals surface area contributed by atoms with Crippen LogP contribution in [0.1, 0.15) is 55.4 Å². The molecule has 0 radical (unpaired) electrons. The highest BCUT2D eigenvalue weighted by Crippen LogP contribution is 2.94. The summed E-state index contributed by atoms with van der Waals surface area (Å²) < 4.78 is 0. The number of hydrogen-bond donors (Lipinski definition) is 0. The fourth-order valence-corrected chi connectivity index (χ4v) is 15.6. The maximum absolute atomic E-state index is 2.65. The minimum absolute atomic E-state index is 0.0472. The molecule has 0 aliphatic heterocycles. The molecular formula is C64H49N. The minimum Gasteiger partial charge on any atom is -0.310 e. The van der Waals surface area contributed by atoms with Crippen molar-refractivity contribution in [3.05, 3.63) is 222 Å². The van der Waals surface area contributed by atoms with Gasteiger partial charge in [-0.05, 0) is 162 Å². The van der Waals surface area contributed by atoms with E-state index in [4.69, 9.17) is 0 Å². The van der Waals surface area contributed by atoms with Gasteiger partial charge in [0.1, 0.15) is 0 Å². The molecule has 310 valence electrons. The van der Waals surface area contributed by atoms with Crippen molar-refractivity contribution in [1.29, 1.82) is 0 Å². The monoisotopic (exact) mass is 831 g/mol. The summed E-state index contributed by atoms with van der Waals surface area (Å²) in [6, 6.07) is 76.2. The molecule has 0 aromatic heterocycles. The third-order valence-corrected chi connectivity index (χ3v) is 18.2. The van der Waals surface area contributed by atoms with E-state index in [2.05, 4.69) is 219 Å². The van der Waals surface area contributed by atoms with Crippen LogP contribution >= 0.6 is 0 Å².